The van der Waals surface area contributed by atoms with E-state index in [0.29, 0.717) is 17.3 Å². The largest absolute Gasteiger partial charge is 0.461 e. The normalized spacial score (nSPS) is 10.8. The van der Waals surface area contributed by atoms with Crippen LogP contribution in [-0.4, -0.2) is 17.1 Å². The van der Waals surface area contributed by atoms with Crippen LogP contribution in [0.2, 0.25) is 5.02 Å². The van der Waals surface area contributed by atoms with Crippen molar-refractivity contribution in [2.75, 3.05) is 6.61 Å². The van der Waals surface area contributed by atoms with Crippen LogP contribution >= 0.6 is 27.5 Å². The van der Waals surface area contributed by atoms with Crippen LogP contribution in [0, 0.1) is 0 Å². The van der Waals surface area contributed by atoms with Gasteiger partial charge in [-0.3, -0.25) is 0 Å². The molecule has 0 aliphatic carbocycles. The van der Waals surface area contributed by atoms with Crippen molar-refractivity contribution in [2.45, 2.75) is 6.92 Å². The van der Waals surface area contributed by atoms with Crippen molar-refractivity contribution in [2.24, 2.45) is 7.05 Å². The number of ether oxygens (including phenoxy) is 1. The van der Waals surface area contributed by atoms with Gasteiger partial charge in [0.2, 0.25) is 0 Å². The fourth-order valence-corrected chi connectivity index (χ4v) is 2.24. The average molecular weight is 317 g/mol. The van der Waals surface area contributed by atoms with Crippen LogP contribution in [0.1, 0.15) is 17.4 Å². The highest BCUT2D eigenvalue weighted by Crippen LogP contribution is 2.30. The highest BCUT2D eigenvalue weighted by molar-refractivity contribution is 9.10. The molecule has 0 bridgehead atoms. The van der Waals surface area contributed by atoms with E-state index in [-0.39, 0.29) is 5.97 Å². The number of esters is 1. The number of benzene rings is 1. The van der Waals surface area contributed by atoms with E-state index >= 15 is 0 Å². The molecule has 0 aliphatic heterocycles. The summed E-state index contributed by atoms with van der Waals surface area (Å²) in [5, 5.41) is 1.54. The van der Waals surface area contributed by atoms with Gasteiger partial charge in [0.1, 0.15) is 5.69 Å². The summed E-state index contributed by atoms with van der Waals surface area (Å²) < 4.78 is 7.60. The molecule has 1 aromatic heterocycles. The van der Waals surface area contributed by atoms with Crippen molar-refractivity contribution in [3.8, 4) is 0 Å². The maximum Gasteiger partial charge on any atom is 0.354 e. The molecule has 1 aromatic carbocycles. The van der Waals surface area contributed by atoms with E-state index in [2.05, 4.69) is 15.9 Å². The van der Waals surface area contributed by atoms with E-state index in [1.807, 2.05) is 19.2 Å². The zero-order valence-corrected chi connectivity index (χ0v) is 11.8. The van der Waals surface area contributed by atoms with Gasteiger partial charge in [-0.05, 0) is 41.1 Å². The summed E-state index contributed by atoms with van der Waals surface area (Å²) in [4.78, 5) is 11.7. The number of aromatic nitrogens is 1. The van der Waals surface area contributed by atoms with Gasteiger partial charge in [-0.2, -0.15) is 0 Å². The number of hydrogen-bond donors (Lipinski definition) is 0. The smallest absolute Gasteiger partial charge is 0.354 e. The molecule has 0 N–H and O–H groups in total. The quantitative estimate of drug-likeness (QED) is 0.790. The second-order valence-electron chi connectivity index (χ2n) is 3.63. The first kappa shape index (κ1) is 12.5. The first-order chi connectivity index (χ1) is 8.04. The summed E-state index contributed by atoms with van der Waals surface area (Å²) in [6, 6.07) is 5.50. The standard InChI is InChI=1S/C12H11BrClNO2/c1-3-17-12(16)11-5-7-4-9(14)8(13)6-10(7)15(11)2/h4-6H,3H2,1-2H3. The minimum absolute atomic E-state index is 0.321. The molecule has 5 heteroatoms. The lowest BCUT2D eigenvalue weighted by Crippen LogP contribution is -2.09. The van der Waals surface area contributed by atoms with E-state index in [1.165, 1.54) is 0 Å². The Bertz CT molecular complexity index is 592. The predicted octanol–water partition coefficient (Wildman–Crippen LogP) is 3.77. The van der Waals surface area contributed by atoms with Gasteiger partial charge < -0.3 is 9.30 Å². The Morgan fingerprint density at radius 1 is 1.47 bits per heavy atom. The van der Waals surface area contributed by atoms with Gasteiger partial charge in [-0.25, -0.2) is 4.79 Å². The summed E-state index contributed by atoms with van der Waals surface area (Å²) in [5.41, 5.74) is 1.46. The highest BCUT2D eigenvalue weighted by atomic mass is 79.9. The third kappa shape index (κ3) is 2.19. The Hall–Kier alpha value is -1.00. The fraction of sp³-hybridized carbons (Fsp3) is 0.250. The van der Waals surface area contributed by atoms with Crippen molar-refractivity contribution in [1.29, 1.82) is 0 Å². The van der Waals surface area contributed by atoms with Gasteiger partial charge in [0.25, 0.3) is 0 Å². The number of fused-ring (bicyclic) bond motifs is 1. The molecular formula is C12H11BrClNO2. The second kappa shape index (κ2) is 4.70. The van der Waals surface area contributed by atoms with E-state index < -0.39 is 0 Å². The third-order valence-corrected chi connectivity index (χ3v) is 3.77. The molecule has 0 unspecified atom stereocenters. The molecule has 3 nitrogen and oxygen atoms in total. The van der Waals surface area contributed by atoms with Crippen LogP contribution in [0.3, 0.4) is 0 Å². The summed E-state index contributed by atoms with van der Waals surface area (Å²) >= 11 is 9.38. The molecule has 2 aromatic rings. The lowest BCUT2D eigenvalue weighted by molar-refractivity contribution is 0.0516. The summed E-state index contributed by atoms with van der Waals surface area (Å²) in [7, 11) is 1.83. The minimum atomic E-state index is -0.321. The Morgan fingerprint density at radius 3 is 2.82 bits per heavy atom. The van der Waals surface area contributed by atoms with Crippen LogP contribution in [0.5, 0.6) is 0 Å². The zero-order valence-electron chi connectivity index (χ0n) is 9.46. The van der Waals surface area contributed by atoms with Crippen LogP contribution in [-0.2, 0) is 11.8 Å². The molecule has 17 heavy (non-hydrogen) atoms. The minimum Gasteiger partial charge on any atom is -0.461 e. The SMILES string of the molecule is CCOC(=O)c1cc2cc(Cl)c(Br)cc2n1C. The van der Waals surface area contributed by atoms with E-state index in [4.69, 9.17) is 16.3 Å². The molecule has 0 fully saturated rings. The van der Waals surface area contributed by atoms with E-state index in [9.17, 15) is 4.79 Å². The highest BCUT2D eigenvalue weighted by Gasteiger charge is 2.15. The molecule has 0 radical (unpaired) electrons. The molecule has 1 heterocycles. The van der Waals surface area contributed by atoms with Crippen molar-refractivity contribution in [3.63, 3.8) is 0 Å². The van der Waals surface area contributed by atoms with Gasteiger partial charge in [0, 0.05) is 22.4 Å². The summed E-state index contributed by atoms with van der Waals surface area (Å²) in [6.07, 6.45) is 0. The first-order valence-corrected chi connectivity index (χ1v) is 6.33. The number of aryl methyl sites for hydroxylation is 1. The van der Waals surface area contributed by atoms with Crippen molar-refractivity contribution in [1.82, 2.24) is 4.57 Å². The summed E-state index contributed by atoms with van der Waals surface area (Å²) in [6.45, 7) is 2.15. The van der Waals surface area contributed by atoms with Crippen molar-refractivity contribution < 1.29 is 9.53 Å². The van der Waals surface area contributed by atoms with Crippen molar-refractivity contribution in [3.05, 3.63) is 33.4 Å². The lowest BCUT2D eigenvalue weighted by Gasteiger charge is -2.03. The molecule has 0 saturated heterocycles. The monoisotopic (exact) mass is 315 g/mol. The van der Waals surface area contributed by atoms with Gasteiger partial charge >= 0.3 is 5.97 Å². The summed E-state index contributed by atoms with van der Waals surface area (Å²) in [5.74, 6) is -0.321. The molecule has 0 saturated carbocycles. The van der Waals surface area contributed by atoms with Gasteiger partial charge in [0.05, 0.1) is 11.6 Å². The molecule has 2 rings (SSSR count). The topological polar surface area (TPSA) is 31.2 Å². The Morgan fingerprint density at radius 2 is 2.18 bits per heavy atom. The molecule has 0 aliphatic rings. The van der Waals surface area contributed by atoms with E-state index in [0.717, 1.165) is 15.4 Å². The maximum absolute atomic E-state index is 11.7. The molecular weight excluding hydrogens is 305 g/mol. The number of carbonyl (C=O) groups is 1. The number of rotatable bonds is 2. The number of halogens is 2. The van der Waals surface area contributed by atoms with Gasteiger partial charge in [0.15, 0.2) is 0 Å². The van der Waals surface area contributed by atoms with Crippen LogP contribution in [0.25, 0.3) is 10.9 Å². The number of hydrogen-bond acceptors (Lipinski definition) is 2. The number of carbonyl (C=O) groups excluding carboxylic acids is 1. The zero-order chi connectivity index (χ0) is 12.6. The number of nitrogens with zero attached hydrogens (tertiary/aromatic N) is 1. The Labute approximate surface area is 112 Å². The average Bonchev–Trinajstić information content (AvgIpc) is 2.58. The third-order valence-electron chi connectivity index (χ3n) is 2.57. The van der Waals surface area contributed by atoms with Crippen LogP contribution < -0.4 is 0 Å². The van der Waals surface area contributed by atoms with Gasteiger partial charge in [-0.15, -0.1) is 0 Å². The van der Waals surface area contributed by atoms with Crippen LogP contribution in [0.15, 0.2) is 22.7 Å². The molecule has 0 amide bonds. The Kier molecular flexibility index (Phi) is 3.45. The molecule has 0 atom stereocenters. The second-order valence-corrected chi connectivity index (χ2v) is 4.90. The van der Waals surface area contributed by atoms with Crippen LogP contribution in [0.4, 0.5) is 0 Å². The first-order valence-electron chi connectivity index (χ1n) is 5.16. The predicted molar refractivity (Wildman–Crippen MR) is 71.6 cm³/mol. The maximum atomic E-state index is 11.7. The lowest BCUT2D eigenvalue weighted by atomic mass is 10.2. The van der Waals surface area contributed by atoms with Crippen molar-refractivity contribution >= 4 is 44.4 Å². The van der Waals surface area contributed by atoms with E-state index in [1.54, 1.807) is 17.6 Å². The fourth-order valence-electron chi connectivity index (χ4n) is 1.73. The molecule has 0 spiro atoms. The van der Waals surface area contributed by atoms with Gasteiger partial charge in [-0.1, -0.05) is 11.6 Å². The molecule has 90 valence electrons. The Balaban J connectivity index is 2.60.